The van der Waals surface area contributed by atoms with Crippen LogP contribution in [0.3, 0.4) is 0 Å². The van der Waals surface area contributed by atoms with Crippen molar-refractivity contribution in [2.75, 3.05) is 11.9 Å². The van der Waals surface area contributed by atoms with Gasteiger partial charge in [0.15, 0.2) is 21.3 Å². The summed E-state index contributed by atoms with van der Waals surface area (Å²) in [5.74, 6) is -0.881. The zero-order chi connectivity index (χ0) is 33.0. The van der Waals surface area contributed by atoms with Gasteiger partial charge in [0.05, 0.1) is 17.1 Å². The predicted molar refractivity (Wildman–Crippen MR) is 168 cm³/mol. The lowest BCUT2D eigenvalue weighted by Crippen LogP contribution is -2.33. The minimum atomic E-state index is -4.98. The SMILES string of the molecule is CCNC(=O)c1ccc(C2=c3cc4c(c(S(=O)(=O)O)c3Oc3c2cc2c(c3S(=O)(=O)O)NC(C)C2(C)C)=NC(C)C4(C)C)cc1. The van der Waals surface area contributed by atoms with Crippen molar-refractivity contribution in [1.82, 2.24) is 5.32 Å². The maximum absolute atomic E-state index is 13.1. The van der Waals surface area contributed by atoms with E-state index in [0.717, 1.165) is 0 Å². The third-order valence-corrected chi connectivity index (χ3v) is 11.5. The Balaban J connectivity index is 1.83. The van der Waals surface area contributed by atoms with Crippen molar-refractivity contribution >= 4 is 37.4 Å². The van der Waals surface area contributed by atoms with Crippen molar-refractivity contribution in [3.05, 3.63) is 74.8 Å². The molecule has 3 aromatic carbocycles. The number of ether oxygens (including phenoxy) is 1. The molecule has 0 saturated carbocycles. The summed E-state index contributed by atoms with van der Waals surface area (Å²) in [7, 11) is -9.93. The summed E-state index contributed by atoms with van der Waals surface area (Å²) in [5.41, 5.74) is 1.74. The molecule has 0 bridgehead atoms. The maximum atomic E-state index is 13.1. The maximum Gasteiger partial charge on any atom is 0.300 e. The van der Waals surface area contributed by atoms with Gasteiger partial charge in [-0.15, -0.1) is 0 Å². The third-order valence-electron chi connectivity index (χ3n) is 9.68. The van der Waals surface area contributed by atoms with E-state index in [2.05, 4.69) is 15.6 Å². The molecule has 0 aromatic heterocycles. The van der Waals surface area contributed by atoms with Crippen molar-refractivity contribution in [2.24, 2.45) is 4.99 Å². The topological polar surface area (TPSA) is 171 Å². The van der Waals surface area contributed by atoms with Crippen LogP contribution in [0.5, 0.6) is 11.5 Å². The van der Waals surface area contributed by atoms with Crippen LogP contribution in [0.1, 0.15) is 81.1 Å². The second-order valence-corrected chi connectivity index (χ2v) is 15.7. The smallest absolute Gasteiger partial charge is 0.300 e. The molecule has 6 rings (SSSR count). The van der Waals surface area contributed by atoms with E-state index in [1.807, 2.05) is 41.5 Å². The molecule has 0 spiro atoms. The summed E-state index contributed by atoms with van der Waals surface area (Å²) in [6.45, 7) is 13.7. The summed E-state index contributed by atoms with van der Waals surface area (Å²) in [4.78, 5) is 16.0. The highest BCUT2D eigenvalue weighted by molar-refractivity contribution is 7.86. The van der Waals surface area contributed by atoms with Crippen LogP contribution in [0.4, 0.5) is 5.69 Å². The van der Waals surface area contributed by atoms with Crippen molar-refractivity contribution in [2.45, 2.75) is 81.2 Å². The highest BCUT2D eigenvalue weighted by atomic mass is 32.2. The number of benzene rings is 3. The number of carbonyl (C=O) groups is 1. The molecule has 3 aliphatic heterocycles. The Morgan fingerprint density at radius 2 is 1.56 bits per heavy atom. The second kappa shape index (κ2) is 9.86. The van der Waals surface area contributed by atoms with Crippen LogP contribution in [0.15, 0.2) is 51.2 Å². The van der Waals surface area contributed by atoms with Gasteiger partial charge in [-0.2, -0.15) is 16.8 Å². The highest BCUT2D eigenvalue weighted by Crippen LogP contribution is 2.52. The van der Waals surface area contributed by atoms with Gasteiger partial charge in [0.2, 0.25) is 0 Å². The predicted octanol–water partition coefficient (Wildman–Crippen LogP) is 3.67. The van der Waals surface area contributed by atoms with Crippen LogP contribution in [-0.2, 0) is 31.1 Å². The molecule has 238 valence electrons. The minimum Gasteiger partial charge on any atom is -0.453 e. The van der Waals surface area contributed by atoms with Crippen LogP contribution >= 0.6 is 0 Å². The Bertz CT molecular complexity index is 2170. The van der Waals surface area contributed by atoms with E-state index >= 15 is 0 Å². The van der Waals surface area contributed by atoms with Gasteiger partial charge in [0, 0.05) is 45.3 Å². The number of fused-ring (bicyclic) bond motifs is 4. The standard InChI is InChI=1S/C32H35N3O8S2/c1-8-33-30(36)18-11-9-17(10-12-18)23-19-13-21-24(34-15(2)31(21,4)5)28(44(37,38)39)26(19)43-27-20(23)14-22-25(29(27)45(40,41)42)35-16(3)32(22,6)7/h9-16,34H,8H2,1-7H3,(H,33,36)(H,37,38,39)(H,40,41,42). The highest BCUT2D eigenvalue weighted by Gasteiger charge is 2.45. The molecule has 2 unspecified atom stereocenters. The third kappa shape index (κ3) is 4.58. The van der Waals surface area contributed by atoms with Crippen LogP contribution in [0, 0.1) is 0 Å². The first-order valence-corrected chi connectivity index (χ1v) is 17.5. The fourth-order valence-electron chi connectivity index (χ4n) is 6.42. The van der Waals surface area contributed by atoms with Crippen molar-refractivity contribution in [1.29, 1.82) is 0 Å². The van der Waals surface area contributed by atoms with Crippen LogP contribution in [-0.4, -0.2) is 50.5 Å². The molecule has 45 heavy (non-hydrogen) atoms. The van der Waals surface area contributed by atoms with E-state index in [1.54, 1.807) is 43.3 Å². The number of amides is 1. The number of anilines is 1. The van der Waals surface area contributed by atoms with E-state index < -0.39 is 40.9 Å². The van der Waals surface area contributed by atoms with Gasteiger partial charge in [-0.05, 0) is 61.7 Å². The van der Waals surface area contributed by atoms with Crippen LogP contribution in [0.2, 0.25) is 0 Å². The molecular weight excluding hydrogens is 618 g/mol. The van der Waals surface area contributed by atoms with E-state index in [4.69, 9.17) is 4.74 Å². The number of carbonyl (C=O) groups excluding carboxylic acids is 1. The fraction of sp³-hybridized carbons (Fsp3) is 0.375. The molecule has 0 fully saturated rings. The molecular formula is C32H35N3O8S2. The van der Waals surface area contributed by atoms with Crippen molar-refractivity contribution < 1.29 is 35.5 Å². The molecule has 1 amide bonds. The van der Waals surface area contributed by atoms with Gasteiger partial charge in [-0.1, -0.05) is 39.8 Å². The fourth-order valence-corrected chi connectivity index (χ4v) is 8.03. The van der Waals surface area contributed by atoms with Crippen LogP contribution in [0.25, 0.3) is 5.57 Å². The number of hydrogen-bond donors (Lipinski definition) is 4. The lowest BCUT2D eigenvalue weighted by molar-refractivity contribution is 0.0955. The Morgan fingerprint density at radius 1 is 0.933 bits per heavy atom. The average molecular weight is 654 g/mol. The average Bonchev–Trinajstić information content (AvgIpc) is 3.29. The molecule has 4 N–H and O–H groups in total. The zero-order valence-electron chi connectivity index (χ0n) is 25.9. The molecule has 0 saturated heterocycles. The van der Waals surface area contributed by atoms with Gasteiger partial charge in [-0.25, -0.2) is 0 Å². The van der Waals surface area contributed by atoms with Gasteiger partial charge >= 0.3 is 0 Å². The summed E-state index contributed by atoms with van der Waals surface area (Å²) >= 11 is 0. The Kier molecular flexibility index (Phi) is 6.84. The lowest BCUT2D eigenvalue weighted by atomic mass is 9.78. The minimum absolute atomic E-state index is 0.0329. The van der Waals surface area contributed by atoms with Gasteiger partial charge in [-0.3, -0.25) is 18.9 Å². The summed E-state index contributed by atoms with van der Waals surface area (Å²) in [6, 6.07) is 9.57. The largest absolute Gasteiger partial charge is 0.453 e. The van der Waals surface area contributed by atoms with E-state index in [9.17, 15) is 30.7 Å². The molecule has 0 radical (unpaired) electrons. The van der Waals surface area contributed by atoms with E-state index in [0.29, 0.717) is 39.9 Å². The van der Waals surface area contributed by atoms with Gasteiger partial charge in [0.25, 0.3) is 26.1 Å². The second-order valence-electron chi connectivity index (χ2n) is 13.0. The number of nitrogens with zero attached hydrogens (tertiary/aromatic N) is 1. The monoisotopic (exact) mass is 653 g/mol. The Labute approximate surface area is 261 Å². The molecule has 3 heterocycles. The Morgan fingerprint density at radius 3 is 2.13 bits per heavy atom. The van der Waals surface area contributed by atoms with Crippen LogP contribution < -0.4 is 25.9 Å². The normalized spacial score (nSPS) is 20.6. The van der Waals surface area contributed by atoms with Crippen molar-refractivity contribution in [3.63, 3.8) is 0 Å². The quantitative estimate of drug-likeness (QED) is 0.235. The molecule has 13 heteroatoms. The number of hydrogen-bond acceptors (Lipinski definition) is 8. The first-order chi connectivity index (χ1) is 20.8. The number of nitrogens with one attached hydrogen (secondary N) is 2. The van der Waals surface area contributed by atoms with Gasteiger partial charge < -0.3 is 15.4 Å². The molecule has 11 nitrogen and oxygen atoms in total. The Hall–Kier alpha value is -3.78. The zero-order valence-corrected chi connectivity index (χ0v) is 27.6. The molecule has 2 atom stereocenters. The molecule has 3 aliphatic rings. The molecule has 0 aliphatic carbocycles. The first kappa shape index (κ1) is 31.2. The van der Waals surface area contributed by atoms with E-state index in [-0.39, 0.29) is 45.8 Å². The molecule has 3 aromatic rings. The first-order valence-electron chi connectivity index (χ1n) is 14.6. The summed E-state index contributed by atoms with van der Waals surface area (Å²) < 4.78 is 79.9. The van der Waals surface area contributed by atoms with Gasteiger partial charge in [0.1, 0.15) is 0 Å². The van der Waals surface area contributed by atoms with Crippen molar-refractivity contribution in [3.8, 4) is 11.5 Å². The number of rotatable bonds is 5. The van der Waals surface area contributed by atoms with E-state index in [1.165, 1.54) is 0 Å². The lowest BCUT2D eigenvalue weighted by Gasteiger charge is -2.29. The summed E-state index contributed by atoms with van der Waals surface area (Å²) in [6.07, 6.45) is 0. The summed E-state index contributed by atoms with van der Waals surface area (Å²) in [5, 5.41) is 6.24.